The average molecular weight is 197 g/mol. The molecule has 1 aromatic heterocycles. The van der Waals surface area contributed by atoms with Gasteiger partial charge in [0.1, 0.15) is 5.03 Å². The fourth-order valence-corrected chi connectivity index (χ4v) is 1.95. The molecule has 3 nitrogen and oxygen atoms in total. The maximum absolute atomic E-state index is 5.45. The predicted octanol–water partition coefficient (Wildman–Crippen LogP) is 2.20. The molecule has 0 aliphatic heterocycles. The molecule has 0 saturated carbocycles. The number of hydrogen-bond acceptors (Lipinski definition) is 4. The fourth-order valence-electron chi connectivity index (χ4n) is 0.836. The summed E-state index contributed by atoms with van der Waals surface area (Å²) in [5, 5.41) is 0.966. The standard InChI is InChI=1S/C9H15N3S/c1-7(2)4-6-13-8-3-5-11-9(10)12-8/h3,5,7H,4,6H2,1-2H3,(H2,10,11,12). The summed E-state index contributed by atoms with van der Waals surface area (Å²) in [7, 11) is 0. The van der Waals surface area contributed by atoms with Gasteiger partial charge < -0.3 is 5.73 Å². The minimum Gasteiger partial charge on any atom is -0.368 e. The highest BCUT2D eigenvalue weighted by Crippen LogP contribution is 2.17. The molecule has 0 aromatic carbocycles. The third-order valence-electron chi connectivity index (χ3n) is 1.59. The lowest BCUT2D eigenvalue weighted by Gasteiger charge is -2.03. The van der Waals surface area contributed by atoms with Gasteiger partial charge in [-0.25, -0.2) is 9.97 Å². The van der Waals surface area contributed by atoms with E-state index in [9.17, 15) is 0 Å². The minimum atomic E-state index is 0.356. The van der Waals surface area contributed by atoms with Crippen LogP contribution in [0.4, 0.5) is 5.95 Å². The monoisotopic (exact) mass is 197 g/mol. The highest BCUT2D eigenvalue weighted by molar-refractivity contribution is 7.99. The first-order chi connectivity index (χ1) is 6.18. The van der Waals surface area contributed by atoms with E-state index in [1.54, 1.807) is 18.0 Å². The number of rotatable bonds is 4. The van der Waals surface area contributed by atoms with Crippen LogP contribution in [0.1, 0.15) is 20.3 Å². The van der Waals surface area contributed by atoms with Gasteiger partial charge in [0.05, 0.1) is 0 Å². The van der Waals surface area contributed by atoms with Crippen LogP contribution < -0.4 is 5.73 Å². The van der Waals surface area contributed by atoms with Crippen LogP contribution in [-0.4, -0.2) is 15.7 Å². The SMILES string of the molecule is CC(C)CCSc1ccnc(N)n1. The van der Waals surface area contributed by atoms with Crippen LogP contribution in [0.25, 0.3) is 0 Å². The molecule has 1 aromatic rings. The first kappa shape index (κ1) is 10.3. The van der Waals surface area contributed by atoms with Crippen molar-refractivity contribution < 1.29 is 0 Å². The van der Waals surface area contributed by atoms with E-state index in [1.807, 2.05) is 6.07 Å². The van der Waals surface area contributed by atoms with Crippen molar-refractivity contribution in [1.29, 1.82) is 0 Å². The average Bonchev–Trinajstić information content (AvgIpc) is 2.03. The zero-order chi connectivity index (χ0) is 9.68. The third kappa shape index (κ3) is 4.12. The Labute approximate surface area is 83.2 Å². The summed E-state index contributed by atoms with van der Waals surface area (Å²) in [4.78, 5) is 7.94. The zero-order valence-electron chi connectivity index (χ0n) is 8.03. The lowest BCUT2D eigenvalue weighted by molar-refractivity contribution is 0.632. The van der Waals surface area contributed by atoms with Crippen molar-refractivity contribution in [3.05, 3.63) is 12.3 Å². The molecule has 0 aliphatic rings. The molecule has 1 heterocycles. The molecule has 0 atom stereocenters. The van der Waals surface area contributed by atoms with E-state index in [0.29, 0.717) is 5.95 Å². The topological polar surface area (TPSA) is 51.8 Å². The molecule has 0 fully saturated rings. The molecule has 0 saturated heterocycles. The Morgan fingerprint density at radius 2 is 2.31 bits per heavy atom. The number of nitrogens with two attached hydrogens (primary N) is 1. The van der Waals surface area contributed by atoms with Crippen molar-refractivity contribution in [2.24, 2.45) is 5.92 Å². The Hall–Kier alpha value is -0.770. The van der Waals surface area contributed by atoms with Gasteiger partial charge in [-0.3, -0.25) is 0 Å². The highest BCUT2D eigenvalue weighted by Gasteiger charge is 1.98. The first-order valence-corrected chi connectivity index (χ1v) is 5.38. The second kappa shape index (κ2) is 5.07. The predicted molar refractivity (Wildman–Crippen MR) is 56.6 cm³/mol. The summed E-state index contributed by atoms with van der Waals surface area (Å²) < 4.78 is 0. The molecule has 2 N–H and O–H groups in total. The second-order valence-corrected chi connectivity index (χ2v) is 4.40. The second-order valence-electron chi connectivity index (χ2n) is 3.28. The van der Waals surface area contributed by atoms with Crippen molar-refractivity contribution in [2.45, 2.75) is 25.3 Å². The molecular formula is C9H15N3S. The van der Waals surface area contributed by atoms with E-state index in [1.165, 1.54) is 6.42 Å². The van der Waals surface area contributed by atoms with Crippen molar-refractivity contribution in [3.63, 3.8) is 0 Å². The highest BCUT2D eigenvalue weighted by atomic mass is 32.2. The molecule has 0 unspecified atom stereocenters. The maximum Gasteiger partial charge on any atom is 0.221 e. The van der Waals surface area contributed by atoms with Crippen LogP contribution in [0.5, 0.6) is 0 Å². The molecule has 1 rings (SSSR count). The van der Waals surface area contributed by atoms with Crippen molar-refractivity contribution in [1.82, 2.24) is 9.97 Å². The quantitative estimate of drug-likeness (QED) is 0.594. The van der Waals surface area contributed by atoms with Crippen LogP contribution in [0.15, 0.2) is 17.3 Å². The fraction of sp³-hybridized carbons (Fsp3) is 0.556. The van der Waals surface area contributed by atoms with E-state index >= 15 is 0 Å². The molecule has 0 radical (unpaired) electrons. The number of thioether (sulfide) groups is 1. The Balaban J connectivity index is 2.37. The van der Waals surface area contributed by atoms with E-state index in [4.69, 9.17) is 5.73 Å². The zero-order valence-corrected chi connectivity index (χ0v) is 8.84. The van der Waals surface area contributed by atoms with Crippen LogP contribution in [0, 0.1) is 5.92 Å². The molecule has 13 heavy (non-hydrogen) atoms. The number of nitrogen functional groups attached to an aromatic ring is 1. The van der Waals surface area contributed by atoms with Crippen LogP contribution in [0.3, 0.4) is 0 Å². The lowest BCUT2D eigenvalue weighted by atomic mass is 10.2. The molecule has 0 bridgehead atoms. The van der Waals surface area contributed by atoms with Crippen molar-refractivity contribution in [3.8, 4) is 0 Å². The van der Waals surface area contributed by atoms with Gasteiger partial charge in [-0.2, -0.15) is 0 Å². The Kier molecular flexibility index (Phi) is 4.02. The maximum atomic E-state index is 5.45. The molecule has 4 heteroatoms. The number of aromatic nitrogens is 2. The van der Waals surface area contributed by atoms with Gasteiger partial charge in [0.15, 0.2) is 0 Å². The minimum absolute atomic E-state index is 0.356. The van der Waals surface area contributed by atoms with Crippen LogP contribution >= 0.6 is 11.8 Å². The Morgan fingerprint density at radius 1 is 1.54 bits per heavy atom. The van der Waals surface area contributed by atoms with Crippen LogP contribution in [0.2, 0.25) is 0 Å². The normalized spacial score (nSPS) is 10.7. The summed E-state index contributed by atoms with van der Waals surface area (Å²) >= 11 is 1.73. The van der Waals surface area contributed by atoms with E-state index in [2.05, 4.69) is 23.8 Å². The van der Waals surface area contributed by atoms with Gasteiger partial charge in [-0.05, 0) is 24.2 Å². The summed E-state index contributed by atoms with van der Waals surface area (Å²) in [5.41, 5.74) is 5.45. The van der Waals surface area contributed by atoms with Crippen molar-refractivity contribution in [2.75, 3.05) is 11.5 Å². The molecule has 0 spiro atoms. The largest absolute Gasteiger partial charge is 0.368 e. The Bertz CT molecular complexity index is 263. The van der Waals surface area contributed by atoms with E-state index in [0.717, 1.165) is 16.7 Å². The summed E-state index contributed by atoms with van der Waals surface area (Å²) in [6.45, 7) is 4.43. The van der Waals surface area contributed by atoms with Crippen LogP contribution in [-0.2, 0) is 0 Å². The smallest absolute Gasteiger partial charge is 0.221 e. The summed E-state index contributed by atoms with van der Waals surface area (Å²) in [6.07, 6.45) is 2.90. The molecular weight excluding hydrogens is 182 g/mol. The van der Waals surface area contributed by atoms with Gasteiger partial charge in [-0.15, -0.1) is 11.8 Å². The van der Waals surface area contributed by atoms with Gasteiger partial charge in [-0.1, -0.05) is 13.8 Å². The molecule has 0 aliphatic carbocycles. The summed E-state index contributed by atoms with van der Waals surface area (Å²) in [5.74, 6) is 2.19. The van der Waals surface area contributed by atoms with Gasteiger partial charge in [0, 0.05) is 6.20 Å². The van der Waals surface area contributed by atoms with Gasteiger partial charge >= 0.3 is 0 Å². The number of hydrogen-bond donors (Lipinski definition) is 1. The third-order valence-corrected chi connectivity index (χ3v) is 2.56. The van der Waals surface area contributed by atoms with Crippen molar-refractivity contribution >= 4 is 17.7 Å². The number of nitrogens with zero attached hydrogens (tertiary/aromatic N) is 2. The van der Waals surface area contributed by atoms with Gasteiger partial charge in [0.2, 0.25) is 5.95 Å². The lowest BCUT2D eigenvalue weighted by Crippen LogP contribution is -1.95. The molecule has 72 valence electrons. The first-order valence-electron chi connectivity index (χ1n) is 4.40. The summed E-state index contributed by atoms with van der Waals surface area (Å²) in [6, 6.07) is 1.89. The Morgan fingerprint density at radius 3 is 2.92 bits per heavy atom. The van der Waals surface area contributed by atoms with E-state index < -0.39 is 0 Å². The van der Waals surface area contributed by atoms with E-state index in [-0.39, 0.29) is 0 Å². The van der Waals surface area contributed by atoms with Gasteiger partial charge in [0.25, 0.3) is 0 Å². The number of anilines is 1. The molecule has 0 amide bonds.